The number of nitriles is 1. The molecule has 0 spiro atoms. The van der Waals surface area contributed by atoms with Crippen molar-refractivity contribution in [2.24, 2.45) is 0 Å². The second kappa shape index (κ2) is 7.71. The van der Waals surface area contributed by atoms with E-state index in [1.165, 1.54) is 17.3 Å². The number of aryl methyl sites for hydroxylation is 1. The molecule has 1 aliphatic rings. The molecule has 0 saturated heterocycles. The summed E-state index contributed by atoms with van der Waals surface area (Å²) in [6.07, 6.45) is 3.26. The summed E-state index contributed by atoms with van der Waals surface area (Å²) < 4.78 is 0. The van der Waals surface area contributed by atoms with Crippen molar-refractivity contribution in [1.29, 1.82) is 5.26 Å². The van der Waals surface area contributed by atoms with Crippen LogP contribution in [-0.4, -0.2) is 21.3 Å². The zero-order valence-electron chi connectivity index (χ0n) is 14.1. The molecule has 0 radical (unpaired) electrons. The van der Waals surface area contributed by atoms with E-state index in [2.05, 4.69) is 35.3 Å². The van der Waals surface area contributed by atoms with Gasteiger partial charge in [0.2, 0.25) is 0 Å². The van der Waals surface area contributed by atoms with E-state index in [9.17, 15) is 15.2 Å². The van der Waals surface area contributed by atoms with E-state index in [-0.39, 0.29) is 0 Å². The second-order valence-electron chi connectivity index (χ2n) is 6.26. The third-order valence-electron chi connectivity index (χ3n) is 4.64. The Hall–Kier alpha value is -2.32. The van der Waals surface area contributed by atoms with Crippen LogP contribution in [-0.2, 0) is 17.6 Å². The highest BCUT2D eigenvalue weighted by Gasteiger charge is 2.25. The summed E-state index contributed by atoms with van der Waals surface area (Å²) in [5, 5.41) is 18.7. The molecule has 0 amide bonds. The molecule has 2 aromatic rings. The van der Waals surface area contributed by atoms with Crippen LogP contribution >= 0.6 is 11.8 Å². The Bertz CT molecular complexity index is 814. The van der Waals surface area contributed by atoms with Crippen LogP contribution in [0.5, 0.6) is 0 Å². The molecule has 1 aromatic carbocycles. The van der Waals surface area contributed by atoms with Crippen molar-refractivity contribution in [2.45, 2.75) is 48.8 Å². The van der Waals surface area contributed by atoms with E-state index in [0.29, 0.717) is 22.9 Å². The van der Waals surface area contributed by atoms with Gasteiger partial charge in [-0.05, 0) is 48.8 Å². The van der Waals surface area contributed by atoms with Crippen molar-refractivity contribution in [2.75, 3.05) is 0 Å². The average Bonchev–Trinajstić information content (AvgIpc) is 2.65. The van der Waals surface area contributed by atoms with Gasteiger partial charge < -0.3 is 5.11 Å². The summed E-state index contributed by atoms with van der Waals surface area (Å²) in [7, 11) is 0. The standard InChI is InChI=1S/C20H20N2O2S/c1-2-18(20(23)24)25-19-16(12-21)11-15-10-14(8-9-17(15)22-19)13-6-4-3-5-7-13/h3-7,11,14,18H,2,8-10H2,1H3,(H,23,24). The van der Waals surface area contributed by atoms with E-state index in [4.69, 9.17) is 0 Å². The van der Waals surface area contributed by atoms with Gasteiger partial charge >= 0.3 is 5.97 Å². The topological polar surface area (TPSA) is 74.0 Å². The minimum absolute atomic E-state index is 0.447. The average molecular weight is 352 g/mol. The van der Waals surface area contributed by atoms with Crippen molar-refractivity contribution >= 4 is 17.7 Å². The molecule has 2 unspecified atom stereocenters. The molecule has 0 fully saturated rings. The number of fused-ring (bicyclic) bond motifs is 1. The van der Waals surface area contributed by atoms with E-state index in [1.54, 1.807) is 0 Å². The molecule has 1 aromatic heterocycles. The van der Waals surface area contributed by atoms with Crippen LogP contribution in [0.1, 0.15) is 48.1 Å². The van der Waals surface area contributed by atoms with Gasteiger partial charge in [-0.15, -0.1) is 0 Å². The van der Waals surface area contributed by atoms with Gasteiger partial charge in [0.05, 0.1) is 5.56 Å². The SMILES string of the molecule is CCC(Sc1nc2c(cc1C#N)CC(c1ccccc1)CC2)C(=O)O. The van der Waals surface area contributed by atoms with Crippen LogP contribution in [0.25, 0.3) is 0 Å². The lowest BCUT2D eigenvalue weighted by molar-refractivity contribution is -0.136. The number of carboxylic acid groups (broad SMARTS) is 1. The van der Waals surface area contributed by atoms with Crippen LogP contribution in [0.3, 0.4) is 0 Å². The minimum atomic E-state index is -0.861. The lowest BCUT2D eigenvalue weighted by atomic mass is 9.82. The third-order valence-corrected chi connectivity index (χ3v) is 6.00. The lowest BCUT2D eigenvalue weighted by Crippen LogP contribution is -2.18. The van der Waals surface area contributed by atoms with Crippen LogP contribution in [0.2, 0.25) is 0 Å². The van der Waals surface area contributed by atoms with Gasteiger partial charge in [-0.2, -0.15) is 5.26 Å². The first-order valence-corrected chi connectivity index (χ1v) is 9.37. The maximum absolute atomic E-state index is 11.3. The fourth-order valence-electron chi connectivity index (χ4n) is 3.27. The molecular formula is C20H20N2O2S. The second-order valence-corrected chi connectivity index (χ2v) is 7.45. The number of aromatic nitrogens is 1. The molecule has 2 atom stereocenters. The molecule has 3 rings (SSSR count). The van der Waals surface area contributed by atoms with Crippen LogP contribution in [0.4, 0.5) is 0 Å². The highest BCUT2D eigenvalue weighted by Crippen LogP contribution is 2.35. The Balaban J connectivity index is 1.88. The summed E-state index contributed by atoms with van der Waals surface area (Å²) in [6.45, 7) is 1.83. The Morgan fingerprint density at radius 2 is 2.20 bits per heavy atom. The van der Waals surface area contributed by atoms with Crippen molar-refractivity contribution < 1.29 is 9.90 Å². The lowest BCUT2D eigenvalue weighted by Gasteiger charge is -2.25. The van der Waals surface area contributed by atoms with Crippen LogP contribution in [0.15, 0.2) is 41.4 Å². The number of thioether (sulfide) groups is 1. The van der Waals surface area contributed by atoms with Gasteiger partial charge in [0.1, 0.15) is 16.3 Å². The molecular weight excluding hydrogens is 332 g/mol. The van der Waals surface area contributed by atoms with Crippen LogP contribution < -0.4 is 0 Å². The molecule has 128 valence electrons. The highest BCUT2D eigenvalue weighted by molar-refractivity contribution is 8.00. The first-order valence-electron chi connectivity index (χ1n) is 8.49. The summed E-state index contributed by atoms with van der Waals surface area (Å²) >= 11 is 1.18. The Labute approximate surface area is 151 Å². The smallest absolute Gasteiger partial charge is 0.317 e. The molecule has 1 aliphatic carbocycles. The summed E-state index contributed by atoms with van der Waals surface area (Å²) in [5.41, 5.74) is 3.93. The van der Waals surface area contributed by atoms with E-state index in [1.807, 2.05) is 19.1 Å². The van der Waals surface area contributed by atoms with E-state index in [0.717, 1.165) is 30.5 Å². The largest absolute Gasteiger partial charge is 0.480 e. The maximum atomic E-state index is 11.3. The molecule has 0 aliphatic heterocycles. The predicted molar refractivity (Wildman–Crippen MR) is 97.7 cm³/mol. The number of carboxylic acids is 1. The normalized spacial score (nSPS) is 17.4. The fourth-order valence-corrected chi connectivity index (χ4v) is 4.20. The van der Waals surface area contributed by atoms with Crippen LogP contribution in [0, 0.1) is 11.3 Å². The predicted octanol–water partition coefficient (Wildman–Crippen LogP) is 4.18. The molecule has 25 heavy (non-hydrogen) atoms. The van der Waals surface area contributed by atoms with Crippen molar-refractivity contribution in [3.63, 3.8) is 0 Å². The molecule has 0 saturated carbocycles. The zero-order valence-corrected chi connectivity index (χ0v) is 14.9. The first kappa shape index (κ1) is 17.5. The molecule has 4 nitrogen and oxygen atoms in total. The summed E-state index contributed by atoms with van der Waals surface area (Å²) in [4.78, 5) is 16.0. The number of pyridine rings is 1. The molecule has 1 heterocycles. The van der Waals surface area contributed by atoms with Crippen molar-refractivity contribution in [3.8, 4) is 6.07 Å². The van der Waals surface area contributed by atoms with Gasteiger partial charge in [-0.3, -0.25) is 4.79 Å². The Morgan fingerprint density at radius 1 is 1.44 bits per heavy atom. The number of benzene rings is 1. The fraction of sp³-hybridized carbons (Fsp3) is 0.350. The number of hydrogen-bond donors (Lipinski definition) is 1. The van der Waals surface area contributed by atoms with Gasteiger partial charge in [0, 0.05) is 5.69 Å². The van der Waals surface area contributed by atoms with Gasteiger partial charge in [0.25, 0.3) is 0 Å². The van der Waals surface area contributed by atoms with Gasteiger partial charge in [0.15, 0.2) is 0 Å². The molecule has 0 bridgehead atoms. The zero-order chi connectivity index (χ0) is 17.8. The number of aliphatic carboxylic acids is 1. The van der Waals surface area contributed by atoms with Crippen molar-refractivity contribution in [1.82, 2.24) is 4.98 Å². The monoisotopic (exact) mass is 352 g/mol. The Kier molecular flexibility index (Phi) is 5.40. The molecule has 1 N–H and O–H groups in total. The van der Waals surface area contributed by atoms with E-state index < -0.39 is 11.2 Å². The summed E-state index contributed by atoms with van der Waals surface area (Å²) in [5.74, 6) is -0.414. The highest BCUT2D eigenvalue weighted by atomic mass is 32.2. The Morgan fingerprint density at radius 3 is 2.84 bits per heavy atom. The molecule has 5 heteroatoms. The quantitative estimate of drug-likeness (QED) is 0.817. The number of carbonyl (C=O) groups is 1. The number of rotatable bonds is 5. The number of hydrogen-bond acceptors (Lipinski definition) is 4. The van der Waals surface area contributed by atoms with Gasteiger partial charge in [-0.1, -0.05) is 49.0 Å². The minimum Gasteiger partial charge on any atom is -0.480 e. The first-order chi connectivity index (χ1) is 12.1. The van der Waals surface area contributed by atoms with Crippen molar-refractivity contribution in [3.05, 3.63) is 58.8 Å². The van der Waals surface area contributed by atoms with Gasteiger partial charge in [-0.25, -0.2) is 4.98 Å². The maximum Gasteiger partial charge on any atom is 0.317 e. The summed E-state index contributed by atoms with van der Waals surface area (Å²) in [6, 6.07) is 14.5. The third kappa shape index (κ3) is 3.85. The van der Waals surface area contributed by atoms with E-state index >= 15 is 0 Å². The number of nitrogens with zero attached hydrogens (tertiary/aromatic N) is 2.